The molecule has 1 saturated heterocycles. The van der Waals surface area contributed by atoms with Gasteiger partial charge in [-0.3, -0.25) is 5.32 Å². The van der Waals surface area contributed by atoms with Gasteiger partial charge in [0.25, 0.3) is 0 Å². The molecule has 2 aromatic rings. The van der Waals surface area contributed by atoms with Crippen molar-refractivity contribution in [3.05, 3.63) is 54.2 Å². The highest BCUT2D eigenvalue weighted by Gasteiger charge is 2.27. The summed E-state index contributed by atoms with van der Waals surface area (Å²) in [6, 6.07) is 13.0. The Morgan fingerprint density at radius 3 is 2.40 bits per heavy atom. The third kappa shape index (κ3) is 6.10. The molecule has 0 saturated carbocycles. The zero-order chi connectivity index (χ0) is 21.6. The van der Waals surface area contributed by atoms with E-state index in [4.69, 9.17) is 9.47 Å². The van der Waals surface area contributed by atoms with Gasteiger partial charge >= 0.3 is 12.2 Å². The van der Waals surface area contributed by atoms with Crippen molar-refractivity contribution in [3.63, 3.8) is 0 Å². The van der Waals surface area contributed by atoms with Crippen molar-refractivity contribution < 1.29 is 19.1 Å². The summed E-state index contributed by atoms with van der Waals surface area (Å²) in [5, 5.41) is 2.77. The Bertz CT molecular complexity index is 859. The molecule has 0 radical (unpaired) electrons. The fourth-order valence-electron chi connectivity index (χ4n) is 3.04. The van der Waals surface area contributed by atoms with Crippen LogP contribution in [0.2, 0.25) is 0 Å². The number of aromatic nitrogens is 1. The summed E-state index contributed by atoms with van der Waals surface area (Å²) in [5.74, 6) is 0.651. The van der Waals surface area contributed by atoms with Crippen LogP contribution in [-0.2, 0) is 16.1 Å². The highest BCUT2D eigenvalue weighted by atomic mass is 16.6. The van der Waals surface area contributed by atoms with E-state index < -0.39 is 11.7 Å². The lowest BCUT2D eigenvalue weighted by atomic mass is 10.2. The van der Waals surface area contributed by atoms with E-state index in [0.29, 0.717) is 37.7 Å². The van der Waals surface area contributed by atoms with Gasteiger partial charge in [-0.1, -0.05) is 30.3 Å². The van der Waals surface area contributed by atoms with Gasteiger partial charge in [0.15, 0.2) is 5.82 Å². The number of rotatable bonds is 4. The molecule has 1 aromatic carbocycles. The third-order valence-corrected chi connectivity index (χ3v) is 4.47. The van der Waals surface area contributed by atoms with Crippen LogP contribution in [0.4, 0.5) is 21.1 Å². The maximum atomic E-state index is 12.3. The fraction of sp³-hybridized carbons (Fsp3) is 0.409. The predicted octanol–water partition coefficient (Wildman–Crippen LogP) is 3.89. The first-order chi connectivity index (χ1) is 14.3. The first-order valence-corrected chi connectivity index (χ1v) is 9.97. The van der Waals surface area contributed by atoms with Crippen LogP contribution in [0.25, 0.3) is 0 Å². The van der Waals surface area contributed by atoms with Gasteiger partial charge in [-0.15, -0.1) is 0 Å². The lowest BCUT2D eigenvalue weighted by Crippen LogP contribution is -2.50. The quantitative estimate of drug-likeness (QED) is 0.820. The number of piperazine rings is 1. The number of anilines is 2. The van der Waals surface area contributed by atoms with Crippen molar-refractivity contribution in [3.8, 4) is 0 Å². The van der Waals surface area contributed by atoms with Crippen LogP contribution in [0.5, 0.6) is 0 Å². The molecule has 1 N–H and O–H groups in total. The largest absolute Gasteiger partial charge is 0.444 e. The van der Waals surface area contributed by atoms with Gasteiger partial charge in [-0.25, -0.2) is 14.6 Å². The minimum absolute atomic E-state index is 0.191. The van der Waals surface area contributed by atoms with Crippen LogP contribution in [-0.4, -0.2) is 53.9 Å². The number of benzene rings is 1. The predicted molar refractivity (Wildman–Crippen MR) is 115 cm³/mol. The van der Waals surface area contributed by atoms with Crippen molar-refractivity contribution in [1.29, 1.82) is 0 Å². The molecular formula is C22H28N4O4. The van der Waals surface area contributed by atoms with Crippen molar-refractivity contribution in [1.82, 2.24) is 9.88 Å². The van der Waals surface area contributed by atoms with E-state index in [1.54, 1.807) is 23.2 Å². The molecule has 0 bridgehead atoms. The number of pyridine rings is 1. The number of nitrogens with one attached hydrogen (secondary N) is 1. The summed E-state index contributed by atoms with van der Waals surface area (Å²) in [6.07, 6.45) is 0.822. The summed E-state index contributed by atoms with van der Waals surface area (Å²) in [7, 11) is 0. The smallest absolute Gasteiger partial charge is 0.412 e. The minimum atomic E-state index is -0.541. The van der Waals surface area contributed by atoms with Crippen molar-refractivity contribution in [2.45, 2.75) is 33.0 Å². The molecule has 3 rings (SSSR count). The number of hydrogen-bond donors (Lipinski definition) is 1. The van der Waals surface area contributed by atoms with Gasteiger partial charge in [0.2, 0.25) is 0 Å². The molecule has 2 amide bonds. The molecule has 0 unspecified atom stereocenters. The van der Waals surface area contributed by atoms with Gasteiger partial charge in [0, 0.05) is 32.4 Å². The fourth-order valence-corrected chi connectivity index (χ4v) is 3.04. The molecule has 30 heavy (non-hydrogen) atoms. The molecule has 8 nitrogen and oxygen atoms in total. The molecule has 1 fully saturated rings. The maximum Gasteiger partial charge on any atom is 0.412 e. The van der Waals surface area contributed by atoms with E-state index in [9.17, 15) is 9.59 Å². The lowest BCUT2D eigenvalue weighted by Gasteiger charge is -2.36. The Morgan fingerprint density at radius 1 is 1.03 bits per heavy atom. The van der Waals surface area contributed by atoms with Crippen LogP contribution in [0, 0.1) is 0 Å². The van der Waals surface area contributed by atoms with E-state index in [0.717, 1.165) is 5.56 Å². The zero-order valence-corrected chi connectivity index (χ0v) is 17.6. The van der Waals surface area contributed by atoms with E-state index in [1.165, 1.54) is 0 Å². The topological polar surface area (TPSA) is 84.0 Å². The van der Waals surface area contributed by atoms with Gasteiger partial charge in [-0.2, -0.15) is 0 Å². The van der Waals surface area contributed by atoms with Crippen LogP contribution in [0.3, 0.4) is 0 Å². The monoisotopic (exact) mass is 412 g/mol. The summed E-state index contributed by atoms with van der Waals surface area (Å²) in [5.41, 5.74) is 0.963. The second kappa shape index (κ2) is 9.47. The molecule has 1 aliphatic heterocycles. The molecule has 160 valence electrons. The first kappa shape index (κ1) is 21.4. The average molecular weight is 412 g/mol. The van der Waals surface area contributed by atoms with Gasteiger partial charge in [0.1, 0.15) is 12.2 Å². The number of amides is 2. The molecule has 8 heteroatoms. The first-order valence-electron chi connectivity index (χ1n) is 9.97. The Labute approximate surface area is 176 Å². The van der Waals surface area contributed by atoms with Gasteiger partial charge in [0.05, 0.1) is 5.69 Å². The minimum Gasteiger partial charge on any atom is -0.444 e. The van der Waals surface area contributed by atoms with E-state index >= 15 is 0 Å². The Kier molecular flexibility index (Phi) is 6.76. The normalized spacial score (nSPS) is 14.2. The van der Waals surface area contributed by atoms with E-state index in [1.807, 2.05) is 56.0 Å². The molecule has 0 atom stereocenters. The molecule has 0 aliphatic carbocycles. The van der Waals surface area contributed by atoms with Crippen molar-refractivity contribution in [2.24, 2.45) is 0 Å². The Balaban J connectivity index is 1.56. The molecule has 2 heterocycles. The summed E-state index contributed by atoms with van der Waals surface area (Å²) < 4.78 is 10.7. The standard InChI is InChI=1S/C22H28N4O4/c1-22(2,3)30-21(28)26-14-12-25(13-15-26)19-18(10-7-11-23-19)24-20(27)29-16-17-8-5-4-6-9-17/h4-11H,12-16H2,1-3H3,(H,24,27). The summed E-state index contributed by atoms with van der Waals surface area (Å²) in [6.45, 7) is 7.95. The Hall–Kier alpha value is -3.29. The number of carbonyl (C=O) groups excluding carboxylic acids is 2. The highest BCUT2D eigenvalue weighted by molar-refractivity contribution is 5.88. The average Bonchev–Trinajstić information content (AvgIpc) is 2.72. The van der Waals surface area contributed by atoms with Crippen molar-refractivity contribution in [2.75, 3.05) is 36.4 Å². The molecule has 1 aromatic heterocycles. The highest BCUT2D eigenvalue weighted by Crippen LogP contribution is 2.24. The van der Waals surface area contributed by atoms with Crippen molar-refractivity contribution >= 4 is 23.7 Å². The summed E-state index contributed by atoms with van der Waals surface area (Å²) >= 11 is 0. The third-order valence-electron chi connectivity index (χ3n) is 4.47. The van der Waals surface area contributed by atoms with Crippen LogP contribution in [0.15, 0.2) is 48.7 Å². The lowest BCUT2D eigenvalue weighted by molar-refractivity contribution is 0.0240. The van der Waals surface area contributed by atoms with Crippen LogP contribution < -0.4 is 10.2 Å². The van der Waals surface area contributed by atoms with Gasteiger partial charge in [-0.05, 0) is 38.5 Å². The number of ether oxygens (including phenoxy) is 2. The molecular weight excluding hydrogens is 384 g/mol. The SMILES string of the molecule is CC(C)(C)OC(=O)N1CCN(c2ncccc2NC(=O)OCc2ccccc2)CC1. The van der Waals surface area contributed by atoms with E-state index in [-0.39, 0.29) is 12.7 Å². The second-order valence-electron chi connectivity index (χ2n) is 8.02. The summed E-state index contributed by atoms with van der Waals surface area (Å²) in [4.78, 5) is 32.6. The van der Waals surface area contributed by atoms with Crippen LogP contribution in [0.1, 0.15) is 26.3 Å². The van der Waals surface area contributed by atoms with E-state index in [2.05, 4.69) is 10.3 Å². The number of hydrogen-bond acceptors (Lipinski definition) is 6. The molecule has 0 spiro atoms. The van der Waals surface area contributed by atoms with Gasteiger partial charge < -0.3 is 19.3 Å². The number of nitrogens with zero attached hydrogens (tertiary/aromatic N) is 3. The van der Waals surface area contributed by atoms with Crippen LogP contribution >= 0.6 is 0 Å². The zero-order valence-electron chi connectivity index (χ0n) is 17.6. The Morgan fingerprint density at radius 2 is 1.73 bits per heavy atom. The number of carbonyl (C=O) groups is 2. The molecule has 1 aliphatic rings. The second-order valence-corrected chi connectivity index (χ2v) is 8.02. The maximum absolute atomic E-state index is 12.3.